The van der Waals surface area contributed by atoms with E-state index in [1.165, 1.54) is 36.1 Å². The second kappa shape index (κ2) is 7.20. The Balaban J connectivity index is 1.98. The molecule has 2 heteroatoms. The van der Waals surface area contributed by atoms with Crippen LogP contribution in [0, 0.1) is 5.92 Å². The number of nitrogens with one attached hydrogen (secondary N) is 1. The van der Waals surface area contributed by atoms with Gasteiger partial charge in [0.2, 0.25) is 0 Å². The van der Waals surface area contributed by atoms with Crippen LogP contribution in [-0.4, -0.2) is 12.3 Å². The Kier molecular flexibility index (Phi) is 5.58. The molecule has 1 aliphatic rings. The zero-order valence-electron chi connectivity index (χ0n) is 11.6. The first-order valence-electron chi connectivity index (χ1n) is 7.29. The Bertz CT molecular complexity index is 343. The summed E-state index contributed by atoms with van der Waals surface area (Å²) in [5, 5.41) is 3.70. The van der Waals surface area contributed by atoms with E-state index in [4.69, 9.17) is 0 Å². The van der Waals surface area contributed by atoms with Gasteiger partial charge in [-0.3, -0.25) is 0 Å². The molecule has 1 aliphatic carbocycles. The molecule has 1 saturated carbocycles. The lowest BCUT2D eigenvalue weighted by Crippen LogP contribution is -2.22. The Labute approximate surface area is 116 Å². The molecule has 1 N–H and O–H groups in total. The molecular formula is C16H25NS. The average molecular weight is 263 g/mol. The van der Waals surface area contributed by atoms with Crippen LogP contribution in [0.5, 0.6) is 0 Å². The second-order valence-corrected chi connectivity index (χ2v) is 6.53. The van der Waals surface area contributed by atoms with Crippen molar-refractivity contribution in [3.63, 3.8) is 0 Å². The van der Waals surface area contributed by atoms with Gasteiger partial charge in [-0.05, 0) is 48.8 Å². The predicted octanol–water partition coefficient (Wildman–Crippen LogP) is 4.64. The summed E-state index contributed by atoms with van der Waals surface area (Å²) in [5.41, 5.74) is 1.47. The highest BCUT2D eigenvalue weighted by atomic mass is 32.2. The van der Waals surface area contributed by atoms with Crippen LogP contribution in [-0.2, 0) is 0 Å². The minimum atomic E-state index is 0.568. The molecule has 0 aromatic heterocycles. The van der Waals surface area contributed by atoms with Crippen LogP contribution in [0.3, 0.4) is 0 Å². The van der Waals surface area contributed by atoms with Crippen molar-refractivity contribution < 1.29 is 0 Å². The van der Waals surface area contributed by atoms with Crippen molar-refractivity contribution >= 4 is 11.8 Å². The maximum atomic E-state index is 3.70. The van der Waals surface area contributed by atoms with Crippen molar-refractivity contribution in [2.24, 2.45) is 5.92 Å². The monoisotopic (exact) mass is 263 g/mol. The fourth-order valence-electron chi connectivity index (χ4n) is 2.31. The molecule has 1 fully saturated rings. The van der Waals surface area contributed by atoms with E-state index < -0.39 is 0 Å². The van der Waals surface area contributed by atoms with Crippen LogP contribution in [0.2, 0.25) is 0 Å². The van der Waals surface area contributed by atoms with Gasteiger partial charge in [-0.1, -0.05) is 38.8 Å². The molecule has 0 radical (unpaired) electrons. The molecular weight excluding hydrogens is 238 g/mol. The normalized spacial score (nSPS) is 16.8. The van der Waals surface area contributed by atoms with Crippen LogP contribution in [0.1, 0.15) is 51.1 Å². The number of hydrogen-bond acceptors (Lipinski definition) is 2. The van der Waals surface area contributed by atoms with Gasteiger partial charge in [-0.25, -0.2) is 0 Å². The van der Waals surface area contributed by atoms with Crippen LogP contribution in [0.4, 0.5) is 0 Å². The molecule has 2 rings (SSSR count). The number of thioether (sulfide) groups is 1. The molecule has 1 aromatic carbocycles. The minimum Gasteiger partial charge on any atom is -0.310 e. The molecule has 18 heavy (non-hydrogen) atoms. The fourth-order valence-corrected chi connectivity index (χ4v) is 2.97. The Morgan fingerprint density at radius 3 is 2.50 bits per heavy atom. The summed E-state index contributed by atoms with van der Waals surface area (Å²) in [4.78, 5) is 1.39. The van der Waals surface area contributed by atoms with Gasteiger partial charge in [0, 0.05) is 10.9 Å². The molecule has 0 saturated heterocycles. The first-order chi connectivity index (χ1) is 8.83. The summed E-state index contributed by atoms with van der Waals surface area (Å²) in [5.74, 6) is 2.13. The predicted molar refractivity (Wildman–Crippen MR) is 81.2 cm³/mol. The molecule has 1 aromatic rings. The Morgan fingerprint density at radius 2 is 1.94 bits per heavy atom. The first kappa shape index (κ1) is 14.0. The number of rotatable bonds is 8. The first-order valence-corrected chi connectivity index (χ1v) is 8.28. The molecule has 0 bridgehead atoms. The van der Waals surface area contributed by atoms with Crippen LogP contribution >= 0.6 is 11.8 Å². The highest BCUT2D eigenvalue weighted by molar-refractivity contribution is 7.99. The summed E-state index contributed by atoms with van der Waals surface area (Å²) in [6.07, 6.45) is 5.41. The number of hydrogen-bond donors (Lipinski definition) is 1. The van der Waals surface area contributed by atoms with Gasteiger partial charge < -0.3 is 5.32 Å². The van der Waals surface area contributed by atoms with Crippen molar-refractivity contribution in [1.82, 2.24) is 5.32 Å². The van der Waals surface area contributed by atoms with Gasteiger partial charge in [-0.2, -0.15) is 0 Å². The van der Waals surface area contributed by atoms with Gasteiger partial charge in [0.05, 0.1) is 0 Å². The van der Waals surface area contributed by atoms with E-state index >= 15 is 0 Å². The van der Waals surface area contributed by atoms with Crippen LogP contribution in [0.25, 0.3) is 0 Å². The second-order valence-electron chi connectivity index (χ2n) is 5.19. The molecule has 1 atom stereocenters. The SMILES string of the molecule is CCCNC(CC1CC1)c1ccc(SCC)cc1. The Hall–Kier alpha value is -0.470. The maximum Gasteiger partial charge on any atom is 0.0322 e. The van der Waals surface area contributed by atoms with Gasteiger partial charge in [0.15, 0.2) is 0 Å². The van der Waals surface area contributed by atoms with E-state index in [0.717, 1.165) is 18.2 Å². The number of benzene rings is 1. The van der Waals surface area contributed by atoms with Gasteiger partial charge in [0.25, 0.3) is 0 Å². The molecule has 1 unspecified atom stereocenters. The minimum absolute atomic E-state index is 0.568. The zero-order valence-corrected chi connectivity index (χ0v) is 12.4. The van der Waals surface area contributed by atoms with Gasteiger partial charge in [-0.15, -0.1) is 11.8 Å². The molecule has 0 heterocycles. The highest BCUT2D eigenvalue weighted by Gasteiger charge is 2.25. The summed E-state index contributed by atoms with van der Waals surface area (Å²) in [6, 6.07) is 9.74. The van der Waals surface area contributed by atoms with Crippen molar-refractivity contribution in [2.75, 3.05) is 12.3 Å². The smallest absolute Gasteiger partial charge is 0.0322 e. The molecule has 0 aliphatic heterocycles. The van der Waals surface area contributed by atoms with E-state index in [0.29, 0.717) is 6.04 Å². The van der Waals surface area contributed by atoms with Crippen molar-refractivity contribution in [3.8, 4) is 0 Å². The third-order valence-electron chi connectivity index (χ3n) is 3.50. The summed E-state index contributed by atoms with van der Waals surface area (Å²) < 4.78 is 0. The van der Waals surface area contributed by atoms with Gasteiger partial charge in [0.1, 0.15) is 0 Å². The van der Waals surface area contributed by atoms with E-state index in [-0.39, 0.29) is 0 Å². The summed E-state index contributed by atoms with van der Waals surface area (Å²) in [6.45, 7) is 5.57. The lowest BCUT2D eigenvalue weighted by atomic mass is 10.0. The van der Waals surface area contributed by atoms with Crippen molar-refractivity contribution in [2.45, 2.75) is 50.5 Å². The van der Waals surface area contributed by atoms with Gasteiger partial charge >= 0.3 is 0 Å². The third-order valence-corrected chi connectivity index (χ3v) is 4.39. The largest absolute Gasteiger partial charge is 0.310 e. The van der Waals surface area contributed by atoms with Crippen LogP contribution in [0.15, 0.2) is 29.2 Å². The van der Waals surface area contributed by atoms with E-state index in [9.17, 15) is 0 Å². The quantitative estimate of drug-likeness (QED) is 0.686. The summed E-state index contributed by atoms with van der Waals surface area (Å²) >= 11 is 1.92. The maximum absolute atomic E-state index is 3.70. The Morgan fingerprint density at radius 1 is 1.22 bits per heavy atom. The average Bonchev–Trinajstić information content (AvgIpc) is 3.20. The summed E-state index contributed by atoms with van der Waals surface area (Å²) in [7, 11) is 0. The molecule has 1 nitrogen and oxygen atoms in total. The topological polar surface area (TPSA) is 12.0 Å². The standard InChI is InChI=1S/C16H25NS/c1-3-11-17-16(12-13-5-6-13)14-7-9-15(10-8-14)18-4-2/h7-10,13,16-17H,3-6,11-12H2,1-2H3. The zero-order chi connectivity index (χ0) is 12.8. The third kappa shape index (κ3) is 4.33. The van der Waals surface area contributed by atoms with Crippen molar-refractivity contribution in [1.29, 1.82) is 0 Å². The van der Waals surface area contributed by atoms with E-state index in [1.54, 1.807) is 0 Å². The van der Waals surface area contributed by atoms with E-state index in [1.807, 2.05) is 11.8 Å². The van der Waals surface area contributed by atoms with Crippen LogP contribution < -0.4 is 5.32 Å². The van der Waals surface area contributed by atoms with Crippen molar-refractivity contribution in [3.05, 3.63) is 29.8 Å². The highest BCUT2D eigenvalue weighted by Crippen LogP contribution is 2.37. The van der Waals surface area contributed by atoms with E-state index in [2.05, 4.69) is 43.4 Å². The lowest BCUT2D eigenvalue weighted by molar-refractivity contribution is 0.474. The molecule has 0 amide bonds. The molecule has 0 spiro atoms. The molecule has 100 valence electrons. The fraction of sp³-hybridized carbons (Fsp3) is 0.625. The lowest BCUT2D eigenvalue weighted by Gasteiger charge is -2.19.